The van der Waals surface area contributed by atoms with Gasteiger partial charge in [0.15, 0.2) is 18.7 Å². The molecule has 0 N–H and O–H groups in total. The average molecular weight is 136 g/mol. The van der Waals surface area contributed by atoms with E-state index in [1.165, 1.54) is 0 Å². The van der Waals surface area contributed by atoms with E-state index >= 15 is 0 Å². The van der Waals surface area contributed by atoms with Crippen molar-refractivity contribution >= 4 is 6.29 Å². The third-order valence-corrected chi connectivity index (χ3v) is 1.42. The third-order valence-electron chi connectivity index (χ3n) is 1.42. The highest BCUT2D eigenvalue weighted by Gasteiger charge is 1.94. The largest absolute Gasteiger partial charge is 0.298 e. The summed E-state index contributed by atoms with van der Waals surface area (Å²) in [6, 6.07) is 3.60. The van der Waals surface area contributed by atoms with Gasteiger partial charge in [-0.15, -0.1) is 0 Å². The second kappa shape index (κ2) is 3.11. The molecule has 0 saturated heterocycles. The number of carbonyl (C=O) groups is 1. The van der Waals surface area contributed by atoms with Crippen molar-refractivity contribution in [3.8, 4) is 0 Å². The molecule has 1 rings (SSSR count). The summed E-state index contributed by atoms with van der Waals surface area (Å²) in [6.07, 6.45) is 4.63. The van der Waals surface area contributed by atoms with Gasteiger partial charge >= 0.3 is 0 Å². The van der Waals surface area contributed by atoms with E-state index in [-0.39, 0.29) is 0 Å². The highest BCUT2D eigenvalue weighted by atomic mass is 16.1. The molecular weight excluding hydrogens is 126 g/mol. The van der Waals surface area contributed by atoms with Crippen molar-refractivity contribution in [1.82, 2.24) is 0 Å². The number of aryl methyl sites for hydroxylation is 1. The molecule has 0 amide bonds. The number of carbonyl (C=O) groups excluding carboxylic acids is 1. The maximum absolute atomic E-state index is 10.2. The molecule has 0 bridgehead atoms. The lowest BCUT2D eigenvalue weighted by Gasteiger charge is -1.89. The standard InChI is InChI=1S/C8H10NO/c1-2-9-5-3-8(7-10)4-6-9/h3-7H,2H2,1H3/q+1. The second-order valence-corrected chi connectivity index (χ2v) is 2.08. The van der Waals surface area contributed by atoms with Crippen molar-refractivity contribution in [2.45, 2.75) is 13.5 Å². The number of hydrogen-bond acceptors (Lipinski definition) is 1. The number of pyridine rings is 1. The minimum absolute atomic E-state index is 0.727. The molecule has 2 nitrogen and oxygen atoms in total. The fourth-order valence-electron chi connectivity index (χ4n) is 0.758. The lowest BCUT2D eigenvalue weighted by molar-refractivity contribution is -0.693. The van der Waals surface area contributed by atoms with Gasteiger partial charge in [-0.05, 0) is 6.92 Å². The Kier molecular flexibility index (Phi) is 2.15. The highest BCUT2D eigenvalue weighted by Crippen LogP contribution is 1.87. The second-order valence-electron chi connectivity index (χ2n) is 2.08. The summed E-state index contributed by atoms with van der Waals surface area (Å²) in [7, 11) is 0. The van der Waals surface area contributed by atoms with Crippen LogP contribution in [0.5, 0.6) is 0 Å². The summed E-state index contributed by atoms with van der Waals surface area (Å²) in [5.41, 5.74) is 0.727. The van der Waals surface area contributed by atoms with Crippen LogP contribution in [0.4, 0.5) is 0 Å². The lowest BCUT2D eigenvalue weighted by atomic mass is 10.3. The van der Waals surface area contributed by atoms with Gasteiger partial charge in [0.2, 0.25) is 0 Å². The number of nitrogens with zero attached hydrogens (tertiary/aromatic N) is 1. The summed E-state index contributed by atoms with van der Waals surface area (Å²) in [6.45, 7) is 3.00. The molecule has 0 unspecified atom stereocenters. The Morgan fingerprint density at radius 2 is 2.10 bits per heavy atom. The van der Waals surface area contributed by atoms with Gasteiger partial charge in [-0.3, -0.25) is 4.79 Å². The van der Waals surface area contributed by atoms with Gasteiger partial charge < -0.3 is 0 Å². The minimum atomic E-state index is 0.727. The van der Waals surface area contributed by atoms with Crippen LogP contribution in [0, 0.1) is 0 Å². The molecule has 0 saturated carbocycles. The molecule has 0 aliphatic heterocycles. The first-order valence-electron chi connectivity index (χ1n) is 3.31. The van der Waals surface area contributed by atoms with Crippen LogP contribution in [0.3, 0.4) is 0 Å². The topological polar surface area (TPSA) is 20.9 Å². The van der Waals surface area contributed by atoms with Crippen LogP contribution in [0.15, 0.2) is 24.5 Å². The zero-order chi connectivity index (χ0) is 7.40. The first-order chi connectivity index (χ1) is 4.86. The summed E-state index contributed by atoms with van der Waals surface area (Å²) in [5, 5.41) is 0. The molecule has 0 spiro atoms. The molecular formula is C8H10NO+. The van der Waals surface area contributed by atoms with E-state index < -0.39 is 0 Å². The molecule has 10 heavy (non-hydrogen) atoms. The van der Waals surface area contributed by atoms with E-state index in [1.54, 1.807) is 12.1 Å². The van der Waals surface area contributed by atoms with E-state index in [1.807, 2.05) is 17.0 Å². The lowest BCUT2D eigenvalue weighted by Crippen LogP contribution is -2.30. The van der Waals surface area contributed by atoms with Gasteiger partial charge in [-0.1, -0.05) is 0 Å². The molecule has 52 valence electrons. The molecule has 1 heterocycles. The monoisotopic (exact) mass is 136 g/mol. The SMILES string of the molecule is CC[n+]1ccc(C=O)cc1. The Labute approximate surface area is 60.1 Å². The predicted octanol–water partition coefficient (Wildman–Crippen LogP) is 0.807. The van der Waals surface area contributed by atoms with Crippen LogP contribution in [0.2, 0.25) is 0 Å². The van der Waals surface area contributed by atoms with Gasteiger partial charge in [0.25, 0.3) is 0 Å². The molecule has 0 aliphatic carbocycles. The smallest absolute Gasteiger partial charge is 0.169 e. The van der Waals surface area contributed by atoms with Crippen LogP contribution < -0.4 is 4.57 Å². The molecule has 0 aliphatic rings. The summed E-state index contributed by atoms with van der Waals surface area (Å²) >= 11 is 0. The highest BCUT2D eigenvalue weighted by molar-refractivity contribution is 5.73. The van der Waals surface area contributed by atoms with Crippen LogP contribution in [0.1, 0.15) is 17.3 Å². The van der Waals surface area contributed by atoms with Crippen molar-refractivity contribution in [3.05, 3.63) is 30.1 Å². The first-order valence-corrected chi connectivity index (χ1v) is 3.31. The van der Waals surface area contributed by atoms with Crippen molar-refractivity contribution in [2.24, 2.45) is 0 Å². The fourth-order valence-corrected chi connectivity index (χ4v) is 0.758. The Bertz CT molecular complexity index is 215. The molecule has 0 radical (unpaired) electrons. The van der Waals surface area contributed by atoms with Gasteiger partial charge in [0.1, 0.15) is 6.54 Å². The number of rotatable bonds is 2. The minimum Gasteiger partial charge on any atom is -0.298 e. The van der Waals surface area contributed by atoms with Gasteiger partial charge in [0, 0.05) is 17.7 Å². The van der Waals surface area contributed by atoms with E-state index in [2.05, 4.69) is 6.92 Å². The number of aldehydes is 1. The maximum Gasteiger partial charge on any atom is 0.169 e. The normalized spacial score (nSPS) is 9.30. The van der Waals surface area contributed by atoms with E-state index in [0.717, 1.165) is 18.4 Å². The Morgan fingerprint density at radius 3 is 2.50 bits per heavy atom. The van der Waals surface area contributed by atoms with E-state index in [9.17, 15) is 4.79 Å². The fraction of sp³-hybridized carbons (Fsp3) is 0.250. The number of hydrogen-bond donors (Lipinski definition) is 0. The quantitative estimate of drug-likeness (QED) is 0.435. The van der Waals surface area contributed by atoms with Crippen LogP contribution >= 0.6 is 0 Å². The van der Waals surface area contributed by atoms with Crippen molar-refractivity contribution in [2.75, 3.05) is 0 Å². The van der Waals surface area contributed by atoms with Gasteiger partial charge in [-0.2, -0.15) is 0 Å². The molecule has 0 atom stereocenters. The zero-order valence-corrected chi connectivity index (χ0v) is 5.95. The van der Waals surface area contributed by atoms with E-state index in [0.29, 0.717) is 0 Å². The first kappa shape index (κ1) is 6.93. The summed E-state index contributed by atoms with van der Waals surface area (Å²) < 4.78 is 2.01. The summed E-state index contributed by atoms with van der Waals surface area (Å²) in [4.78, 5) is 10.2. The van der Waals surface area contributed by atoms with E-state index in [4.69, 9.17) is 0 Å². The van der Waals surface area contributed by atoms with Crippen molar-refractivity contribution in [3.63, 3.8) is 0 Å². The van der Waals surface area contributed by atoms with Crippen LogP contribution in [0.25, 0.3) is 0 Å². The third kappa shape index (κ3) is 1.41. The zero-order valence-electron chi connectivity index (χ0n) is 5.95. The van der Waals surface area contributed by atoms with Crippen LogP contribution in [-0.2, 0) is 6.54 Å². The number of aromatic nitrogens is 1. The Hall–Kier alpha value is -1.18. The Balaban J connectivity index is 2.90. The molecule has 1 aromatic rings. The van der Waals surface area contributed by atoms with Gasteiger partial charge in [-0.25, -0.2) is 4.57 Å². The predicted molar refractivity (Wildman–Crippen MR) is 37.7 cm³/mol. The van der Waals surface area contributed by atoms with Crippen molar-refractivity contribution in [1.29, 1.82) is 0 Å². The Morgan fingerprint density at radius 1 is 1.50 bits per heavy atom. The average Bonchev–Trinajstić information content (AvgIpc) is 2.05. The van der Waals surface area contributed by atoms with Crippen molar-refractivity contribution < 1.29 is 9.36 Å². The molecule has 0 fully saturated rings. The molecule has 1 aromatic heterocycles. The van der Waals surface area contributed by atoms with Gasteiger partial charge in [0.05, 0.1) is 0 Å². The molecule has 2 heteroatoms. The summed E-state index contributed by atoms with van der Waals surface area (Å²) in [5.74, 6) is 0. The van der Waals surface area contributed by atoms with Crippen LogP contribution in [-0.4, -0.2) is 6.29 Å². The molecule has 0 aromatic carbocycles. The maximum atomic E-state index is 10.2.